The molecule has 2 aliphatic rings. The van der Waals surface area contributed by atoms with Crippen LogP contribution in [0, 0.1) is 11.8 Å². The van der Waals surface area contributed by atoms with Crippen LogP contribution >= 0.6 is 0 Å². The third-order valence-corrected chi connectivity index (χ3v) is 6.96. The van der Waals surface area contributed by atoms with E-state index in [0.717, 1.165) is 44.9 Å². The van der Waals surface area contributed by atoms with Crippen LogP contribution in [0.4, 0.5) is 8.78 Å². The van der Waals surface area contributed by atoms with Crippen molar-refractivity contribution in [3.8, 4) is 0 Å². The zero-order chi connectivity index (χ0) is 24.1. The fourth-order valence-electron chi connectivity index (χ4n) is 5.14. The van der Waals surface area contributed by atoms with E-state index in [4.69, 9.17) is 9.47 Å². The van der Waals surface area contributed by atoms with Crippen LogP contribution in [0.3, 0.4) is 0 Å². The summed E-state index contributed by atoms with van der Waals surface area (Å²) in [7, 11) is 1.39. The van der Waals surface area contributed by atoms with Crippen LogP contribution in [0.1, 0.15) is 96.8 Å². The highest BCUT2D eigenvalue weighted by molar-refractivity contribution is 5.69. The van der Waals surface area contributed by atoms with E-state index in [1.165, 1.54) is 7.11 Å². The van der Waals surface area contributed by atoms with E-state index in [1.54, 1.807) is 6.92 Å². The fourth-order valence-corrected chi connectivity index (χ4v) is 5.14. The number of rotatable bonds is 15. The fraction of sp³-hybridized carbons (Fsp3) is 0.885. The van der Waals surface area contributed by atoms with Gasteiger partial charge in [0.2, 0.25) is 5.92 Å². The second-order valence-electron chi connectivity index (χ2n) is 9.63. The van der Waals surface area contributed by atoms with Gasteiger partial charge in [-0.15, -0.1) is 0 Å². The maximum atomic E-state index is 13.9. The molecule has 5 nitrogen and oxygen atoms in total. The van der Waals surface area contributed by atoms with E-state index in [-0.39, 0.29) is 43.0 Å². The number of halogens is 2. The van der Waals surface area contributed by atoms with Gasteiger partial charge in [0, 0.05) is 32.3 Å². The quantitative estimate of drug-likeness (QED) is 0.174. The molecule has 1 N–H and O–H groups in total. The lowest BCUT2D eigenvalue weighted by Gasteiger charge is -2.30. The van der Waals surface area contributed by atoms with Crippen molar-refractivity contribution in [3.05, 3.63) is 12.2 Å². The minimum atomic E-state index is -2.58. The summed E-state index contributed by atoms with van der Waals surface area (Å²) in [5.41, 5.74) is 0. The highest BCUT2D eigenvalue weighted by Gasteiger charge is 2.43. The molecule has 0 aromatic carbocycles. The Kier molecular flexibility index (Phi) is 12.9. The molecular formula is C26H44F2O5. The number of carbonyl (C=O) groups is 1. The molecule has 1 heterocycles. The highest BCUT2D eigenvalue weighted by atomic mass is 19.3. The summed E-state index contributed by atoms with van der Waals surface area (Å²) in [6.45, 7) is 2.49. The van der Waals surface area contributed by atoms with Gasteiger partial charge in [-0.1, -0.05) is 31.9 Å². The number of hydrogen-bond acceptors (Lipinski definition) is 5. The van der Waals surface area contributed by atoms with Crippen molar-refractivity contribution in [1.82, 2.24) is 0 Å². The number of unbranched alkanes of at least 4 members (excludes halogenated alkanes) is 2. The topological polar surface area (TPSA) is 65.0 Å². The number of methoxy groups -OCH3 is 1. The Balaban J connectivity index is 1.89. The first kappa shape index (κ1) is 28.2. The monoisotopic (exact) mass is 474 g/mol. The van der Waals surface area contributed by atoms with Gasteiger partial charge >= 0.3 is 5.97 Å². The van der Waals surface area contributed by atoms with E-state index in [0.29, 0.717) is 38.7 Å². The predicted molar refractivity (Wildman–Crippen MR) is 124 cm³/mol. The summed E-state index contributed by atoms with van der Waals surface area (Å²) in [6, 6.07) is 0. The lowest BCUT2D eigenvalue weighted by atomic mass is 9.86. The third kappa shape index (κ3) is 10.4. The van der Waals surface area contributed by atoms with Crippen LogP contribution in [-0.2, 0) is 19.0 Å². The molecule has 0 aromatic rings. The third-order valence-electron chi connectivity index (χ3n) is 6.96. The number of aliphatic hydroxyl groups excluding tert-OH is 1. The molecule has 1 unspecified atom stereocenters. The zero-order valence-corrected chi connectivity index (χ0v) is 20.5. The molecule has 5 atom stereocenters. The van der Waals surface area contributed by atoms with Gasteiger partial charge in [0.1, 0.15) is 0 Å². The molecule has 1 aliphatic carbocycles. The van der Waals surface area contributed by atoms with Crippen molar-refractivity contribution >= 4 is 5.97 Å². The number of aliphatic hydroxyl groups is 1. The van der Waals surface area contributed by atoms with Gasteiger partial charge in [0.15, 0.2) is 6.29 Å². The van der Waals surface area contributed by atoms with Gasteiger partial charge in [-0.05, 0) is 63.2 Å². The number of ether oxygens (including phenoxy) is 3. The van der Waals surface area contributed by atoms with Crippen LogP contribution in [0.25, 0.3) is 0 Å². The number of allylic oxidation sites excluding steroid dienone is 2. The molecule has 2 rings (SSSR count). The second-order valence-corrected chi connectivity index (χ2v) is 9.63. The van der Waals surface area contributed by atoms with Crippen molar-refractivity contribution in [1.29, 1.82) is 0 Å². The van der Waals surface area contributed by atoms with Crippen molar-refractivity contribution in [2.45, 2.75) is 121 Å². The van der Waals surface area contributed by atoms with Gasteiger partial charge in [0.05, 0.1) is 19.3 Å². The lowest BCUT2D eigenvalue weighted by Crippen LogP contribution is -2.31. The molecule has 1 saturated heterocycles. The Labute approximate surface area is 198 Å². The van der Waals surface area contributed by atoms with E-state index in [1.807, 2.05) is 0 Å². The van der Waals surface area contributed by atoms with Crippen molar-refractivity contribution < 1.29 is 32.9 Å². The second kappa shape index (κ2) is 15.0. The summed E-state index contributed by atoms with van der Waals surface area (Å²) in [6.07, 6.45) is 11.9. The summed E-state index contributed by atoms with van der Waals surface area (Å²) in [4.78, 5) is 11.2. The SMILES string of the molecule is CCCC(F)(F)CCCC[C@@H]1[C@@H](C/C=C\CCCC(=O)OC)[C@@H](O)C[C@H]1OC1CCCCO1. The van der Waals surface area contributed by atoms with Gasteiger partial charge in [-0.25, -0.2) is 8.78 Å². The Hall–Kier alpha value is -1.05. The smallest absolute Gasteiger partial charge is 0.305 e. The summed E-state index contributed by atoms with van der Waals surface area (Å²) >= 11 is 0. The van der Waals surface area contributed by atoms with E-state index < -0.39 is 12.0 Å². The Morgan fingerprint density at radius 2 is 1.97 bits per heavy atom. The molecule has 0 bridgehead atoms. The molecule has 1 aliphatic heterocycles. The molecule has 2 fully saturated rings. The normalized spacial score (nSPS) is 28.5. The average Bonchev–Trinajstić information content (AvgIpc) is 3.07. The van der Waals surface area contributed by atoms with Gasteiger partial charge in [-0.3, -0.25) is 4.79 Å². The van der Waals surface area contributed by atoms with Crippen molar-refractivity contribution in [3.63, 3.8) is 0 Å². The molecular weight excluding hydrogens is 430 g/mol. The van der Waals surface area contributed by atoms with Gasteiger partial charge < -0.3 is 19.3 Å². The minimum Gasteiger partial charge on any atom is -0.469 e. The van der Waals surface area contributed by atoms with Crippen LogP contribution in [-0.4, -0.2) is 49.2 Å². The molecule has 7 heteroatoms. The van der Waals surface area contributed by atoms with Gasteiger partial charge in [0.25, 0.3) is 0 Å². The summed E-state index contributed by atoms with van der Waals surface area (Å²) in [5.74, 6) is -2.61. The Morgan fingerprint density at radius 3 is 2.67 bits per heavy atom. The number of hydrogen-bond donors (Lipinski definition) is 1. The number of alkyl halides is 2. The molecule has 33 heavy (non-hydrogen) atoms. The van der Waals surface area contributed by atoms with Crippen LogP contribution in [0.15, 0.2) is 12.2 Å². The average molecular weight is 475 g/mol. The van der Waals surface area contributed by atoms with Crippen LogP contribution in [0.2, 0.25) is 0 Å². The van der Waals surface area contributed by atoms with Crippen LogP contribution < -0.4 is 0 Å². The molecule has 1 saturated carbocycles. The van der Waals surface area contributed by atoms with E-state index in [9.17, 15) is 18.7 Å². The number of esters is 1. The lowest BCUT2D eigenvalue weighted by molar-refractivity contribution is -0.196. The first-order valence-electron chi connectivity index (χ1n) is 12.9. The summed E-state index contributed by atoms with van der Waals surface area (Å²) in [5, 5.41) is 10.8. The zero-order valence-electron chi connectivity index (χ0n) is 20.5. The molecule has 0 radical (unpaired) electrons. The largest absolute Gasteiger partial charge is 0.469 e. The Bertz CT molecular complexity index is 577. The van der Waals surface area contributed by atoms with Crippen molar-refractivity contribution in [2.75, 3.05) is 13.7 Å². The maximum absolute atomic E-state index is 13.9. The molecule has 0 aromatic heterocycles. The maximum Gasteiger partial charge on any atom is 0.305 e. The Morgan fingerprint density at radius 1 is 1.15 bits per heavy atom. The highest BCUT2D eigenvalue weighted by Crippen LogP contribution is 2.41. The minimum absolute atomic E-state index is 0.0478. The number of carbonyl (C=O) groups excluding carboxylic acids is 1. The van der Waals surface area contributed by atoms with Crippen LogP contribution in [0.5, 0.6) is 0 Å². The summed E-state index contributed by atoms with van der Waals surface area (Å²) < 4.78 is 44.4. The predicted octanol–water partition coefficient (Wildman–Crippen LogP) is 6.18. The van der Waals surface area contributed by atoms with Crippen molar-refractivity contribution in [2.24, 2.45) is 11.8 Å². The van der Waals surface area contributed by atoms with E-state index >= 15 is 0 Å². The first-order chi connectivity index (χ1) is 15.9. The van der Waals surface area contributed by atoms with E-state index in [2.05, 4.69) is 16.9 Å². The van der Waals surface area contributed by atoms with Gasteiger partial charge in [-0.2, -0.15) is 0 Å². The molecule has 0 spiro atoms. The standard InChI is InChI=1S/C26H44F2O5/c1-3-16-26(27,28)17-10-8-13-21-20(12-6-4-5-7-14-24(30)31-2)22(29)19-23(21)33-25-15-9-11-18-32-25/h4,6,20-23,25,29H,3,5,7-19H2,1-2H3/b6-4-/t20-,21-,22+,23-,25?/m1/s1. The molecule has 0 amide bonds. The molecule has 192 valence electrons. The first-order valence-corrected chi connectivity index (χ1v) is 12.9.